The Labute approximate surface area is 165 Å². The number of aromatic nitrogens is 1. The van der Waals surface area contributed by atoms with E-state index in [-0.39, 0.29) is 17.7 Å². The van der Waals surface area contributed by atoms with Crippen LogP contribution in [0, 0.1) is 5.92 Å². The number of hydrogen-bond donors (Lipinski definition) is 2. The van der Waals surface area contributed by atoms with Crippen molar-refractivity contribution in [3.63, 3.8) is 0 Å². The van der Waals surface area contributed by atoms with Gasteiger partial charge < -0.3 is 10.6 Å². The zero-order chi connectivity index (χ0) is 18.6. The van der Waals surface area contributed by atoms with Gasteiger partial charge in [-0.05, 0) is 43.2 Å². The minimum absolute atomic E-state index is 0.0601. The zero-order valence-corrected chi connectivity index (χ0v) is 16.2. The Kier molecular flexibility index (Phi) is 5.40. The number of nitrogens with one attached hydrogen (secondary N) is 2. The van der Waals surface area contributed by atoms with Crippen molar-refractivity contribution < 1.29 is 9.59 Å². The van der Waals surface area contributed by atoms with Crippen LogP contribution in [0.2, 0.25) is 0 Å². The van der Waals surface area contributed by atoms with Crippen LogP contribution in [0.25, 0.3) is 10.2 Å². The molecule has 1 aliphatic rings. The molecular formula is C20H19N3O2S2. The van der Waals surface area contributed by atoms with Gasteiger partial charge in [0.05, 0.1) is 16.0 Å². The lowest BCUT2D eigenvalue weighted by Gasteiger charge is -2.08. The molecule has 1 saturated carbocycles. The van der Waals surface area contributed by atoms with Crippen molar-refractivity contribution in [2.75, 3.05) is 16.4 Å². The third-order valence-corrected chi connectivity index (χ3v) is 6.32. The van der Waals surface area contributed by atoms with Gasteiger partial charge in [0.25, 0.3) is 0 Å². The molecule has 1 aliphatic carbocycles. The number of benzene rings is 2. The van der Waals surface area contributed by atoms with Crippen LogP contribution in [0.15, 0.2) is 48.5 Å². The first-order chi connectivity index (χ1) is 13.2. The van der Waals surface area contributed by atoms with Crippen LogP contribution in [0.5, 0.6) is 0 Å². The Morgan fingerprint density at radius 1 is 1.07 bits per heavy atom. The quantitative estimate of drug-likeness (QED) is 0.615. The van der Waals surface area contributed by atoms with Crippen LogP contribution in [-0.2, 0) is 15.3 Å². The summed E-state index contributed by atoms with van der Waals surface area (Å²) in [7, 11) is 0. The summed E-state index contributed by atoms with van der Waals surface area (Å²) in [6.45, 7) is 0. The number of thioether (sulfide) groups is 1. The molecule has 3 aromatic rings. The molecule has 0 bridgehead atoms. The lowest BCUT2D eigenvalue weighted by Crippen LogP contribution is -2.15. The normalized spacial score (nSPS) is 13.5. The van der Waals surface area contributed by atoms with Crippen LogP contribution < -0.4 is 10.6 Å². The monoisotopic (exact) mass is 397 g/mol. The van der Waals surface area contributed by atoms with Gasteiger partial charge in [0.2, 0.25) is 11.8 Å². The largest absolute Gasteiger partial charge is 0.326 e. The van der Waals surface area contributed by atoms with Gasteiger partial charge in [-0.2, -0.15) is 0 Å². The van der Waals surface area contributed by atoms with Gasteiger partial charge in [-0.25, -0.2) is 4.98 Å². The minimum atomic E-state index is -0.0632. The second kappa shape index (κ2) is 8.10. The fraction of sp³-hybridized carbons (Fsp3) is 0.250. The maximum Gasteiger partial charge on any atom is 0.234 e. The molecule has 0 saturated heterocycles. The molecule has 1 fully saturated rings. The number of nitrogens with zero attached hydrogens (tertiary/aromatic N) is 1. The third-order valence-electron chi connectivity index (χ3n) is 4.16. The summed E-state index contributed by atoms with van der Waals surface area (Å²) in [5.74, 6) is 1.22. The topological polar surface area (TPSA) is 71.1 Å². The van der Waals surface area contributed by atoms with Crippen molar-refractivity contribution in [3.8, 4) is 0 Å². The van der Waals surface area contributed by atoms with Gasteiger partial charge in [0.1, 0.15) is 5.01 Å². The van der Waals surface area contributed by atoms with E-state index in [2.05, 4.69) is 21.7 Å². The fourth-order valence-corrected chi connectivity index (χ4v) is 4.52. The van der Waals surface area contributed by atoms with Crippen LogP contribution in [-0.4, -0.2) is 22.6 Å². The molecule has 1 heterocycles. The van der Waals surface area contributed by atoms with Gasteiger partial charge >= 0.3 is 0 Å². The van der Waals surface area contributed by atoms with E-state index < -0.39 is 0 Å². The maximum absolute atomic E-state index is 12.2. The molecule has 5 nitrogen and oxygen atoms in total. The first-order valence-corrected chi connectivity index (χ1v) is 10.8. The summed E-state index contributed by atoms with van der Waals surface area (Å²) in [5.41, 5.74) is 2.41. The van der Waals surface area contributed by atoms with Crippen LogP contribution in [0.4, 0.5) is 11.4 Å². The standard InChI is InChI=1S/C20H19N3O2S2/c24-18(11-26-12-19-23-16-6-1-2-7-17(16)27-19)21-14-4-3-5-15(10-14)22-20(25)13-8-9-13/h1-7,10,13H,8-9,11-12H2,(H,21,24)(H,22,25). The minimum Gasteiger partial charge on any atom is -0.326 e. The van der Waals surface area contributed by atoms with Gasteiger partial charge in [-0.3, -0.25) is 9.59 Å². The number of carbonyl (C=O) groups is 2. The fourth-order valence-electron chi connectivity index (χ4n) is 2.67. The molecule has 0 spiro atoms. The van der Waals surface area contributed by atoms with Crippen molar-refractivity contribution in [3.05, 3.63) is 53.5 Å². The summed E-state index contributed by atoms with van der Waals surface area (Å²) in [6.07, 6.45) is 1.93. The number of para-hydroxylation sites is 1. The molecule has 27 heavy (non-hydrogen) atoms. The highest BCUT2D eigenvalue weighted by Crippen LogP contribution is 2.30. The van der Waals surface area contributed by atoms with Gasteiger partial charge in [-0.15, -0.1) is 23.1 Å². The zero-order valence-electron chi connectivity index (χ0n) is 14.6. The predicted molar refractivity (Wildman–Crippen MR) is 112 cm³/mol. The number of carbonyl (C=O) groups excluding carboxylic acids is 2. The molecule has 0 unspecified atom stereocenters. The number of anilines is 2. The first kappa shape index (κ1) is 18.0. The molecule has 1 aromatic heterocycles. The highest BCUT2D eigenvalue weighted by atomic mass is 32.2. The van der Waals surface area contributed by atoms with E-state index in [1.165, 1.54) is 4.70 Å². The highest BCUT2D eigenvalue weighted by Gasteiger charge is 2.29. The van der Waals surface area contributed by atoms with Gasteiger partial charge in [0.15, 0.2) is 0 Å². The number of thiazole rings is 1. The van der Waals surface area contributed by atoms with Crippen molar-refractivity contribution >= 4 is 56.5 Å². The lowest BCUT2D eigenvalue weighted by molar-refractivity contribution is -0.117. The second-order valence-electron chi connectivity index (χ2n) is 6.46. The van der Waals surface area contributed by atoms with Crippen molar-refractivity contribution in [2.24, 2.45) is 5.92 Å². The molecular weight excluding hydrogens is 378 g/mol. The number of amides is 2. The Hall–Kier alpha value is -2.38. The lowest BCUT2D eigenvalue weighted by atomic mass is 10.2. The number of fused-ring (bicyclic) bond motifs is 1. The molecule has 0 atom stereocenters. The van der Waals surface area contributed by atoms with E-state index in [0.717, 1.165) is 23.4 Å². The van der Waals surface area contributed by atoms with Crippen molar-refractivity contribution in [1.82, 2.24) is 4.98 Å². The predicted octanol–water partition coefficient (Wildman–Crippen LogP) is 4.52. The molecule has 2 amide bonds. The molecule has 0 aliphatic heterocycles. The van der Waals surface area contributed by atoms with Crippen LogP contribution >= 0.6 is 23.1 Å². The smallest absolute Gasteiger partial charge is 0.234 e. The SMILES string of the molecule is O=C(CSCc1nc2ccccc2s1)Nc1cccc(NC(=O)C2CC2)c1. The van der Waals surface area contributed by atoms with Crippen molar-refractivity contribution in [2.45, 2.75) is 18.6 Å². The summed E-state index contributed by atoms with van der Waals surface area (Å²) in [6, 6.07) is 15.3. The summed E-state index contributed by atoms with van der Waals surface area (Å²) < 4.78 is 1.17. The average Bonchev–Trinajstić information content (AvgIpc) is 3.42. The summed E-state index contributed by atoms with van der Waals surface area (Å²) in [5, 5.41) is 6.80. The molecule has 138 valence electrons. The van der Waals surface area contributed by atoms with Gasteiger partial charge in [0, 0.05) is 23.0 Å². The van der Waals surface area contributed by atoms with E-state index in [1.54, 1.807) is 29.2 Å². The molecule has 0 radical (unpaired) electrons. The van der Waals surface area contributed by atoms with E-state index >= 15 is 0 Å². The maximum atomic E-state index is 12.2. The number of hydrogen-bond acceptors (Lipinski definition) is 5. The van der Waals surface area contributed by atoms with Gasteiger partial charge in [-0.1, -0.05) is 18.2 Å². The molecule has 7 heteroatoms. The first-order valence-electron chi connectivity index (χ1n) is 8.80. The molecule has 2 N–H and O–H groups in total. The Morgan fingerprint density at radius 2 is 1.85 bits per heavy atom. The van der Waals surface area contributed by atoms with Crippen LogP contribution in [0.3, 0.4) is 0 Å². The number of rotatable bonds is 7. The van der Waals surface area contributed by atoms with E-state index in [0.29, 0.717) is 22.9 Å². The Balaban J connectivity index is 1.26. The molecule has 2 aromatic carbocycles. The third kappa shape index (κ3) is 4.87. The van der Waals surface area contributed by atoms with E-state index in [9.17, 15) is 9.59 Å². The van der Waals surface area contributed by atoms with Crippen molar-refractivity contribution in [1.29, 1.82) is 0 Å². The Morgan fingerprint density at radius 3 is 2.63 bits per heavy atom. The van der Waals surface area contributed by atoms with E-state index in [4.69, 9.17) is 0 Å². The second-order valence-corrected chi connectivity index (χ2v) is 8.56. The highest BCUT2D eigenvalue weighted by molar-refractivity contribution is 7.99. The van der Waals surface area contributed by atoms with E-state index in [1.807, 2.05) is 36.4 Å². The average molecular weight is 398 g/mol. The van der Waals surface area contributed by atoms with Crippen LogP contribution in [0.1, 0.15) is 17.8 Å². The molecule has 4 rings (SSSR count). The Bertz CT molecular complexity index is 949. The summed E-state index contributed by atoms with van der Waals surface area (Å²) in [4.78, 5) is 28.6. The summed E-state index contributed by atoms with van der Waals surface area (Å²) >= 11 is 3.21.